The van der Waals surface area contributed by atoms with Crippen LogP contribution in [0.25, 0.3) is 0 Å². The molecule has 4 rings (SSSR count). The molecule has 0 bridgehead atoms. The number of halogens is 3. The molecule has 0 saturated carbocycles. The molecule has 0 aliphatic heterocycles. The van der Waals surface area contributed by atoms with Gasteiger partial charge in [-0.25, -0.2) is 0 Å². The Kier molecular flexibility index (Phi) is 20.7. The summed E-state index contributed by atoms with van der Waals surface area (Å²) in [5.41, 5.74) is 20.5. The van der Waals surface area contributed by atoms with Crippen LogP contribution in [0.3, 0.4) is 0 Å². The molecule has 0 spiro atoms. The zero-order chi connectivity index (χ0) is 44.4. The summed E-state index contributed by atoms with van der Waals surface area (Å²) < 4.78 is 0. The molecule has 0 fully saturated rings. The van der Waals surface area contributed by atoms with E-state index in [0.717, 1.165) is 0 Å². The molecule has 9 nitrogen and oxygen atoms in total. The molecular formula is C48H78Cl3N9SiTi. The third-order valence-corrected chi connectivity index (χ3v) is 17.6. The molecule has 344 valence electrons. The second kappa shape index (κ2) is 21.8. The summed E-state index contributed by atoms with van der Waals surface area (Å²) in [4.78, 5) is 21.4. The van der Waals surface area contributed by atoms with Gasteiger partial charge in [-0.2, -0.15) is 22.3 Å². The van der Waals surface area contributed by atoms with Crippen molar-refractivity contribution in [3.05, 3.63) is 57.1 Å². The Morgan fingerprint density at radius 2 is 0.516 bits per heavy atom. The van der Waals surface area contributed by atoms with Gasteiger partial charge in [0.15, 0.2) is 0 Å². The van der Waals surface area contributed by atoms with Gasteiger partial charge >= 0.3 is 21.7 Å². The molecule has 0 heterocycles. The summed E-state index contributed by atoms with van der Waals surface area (Å²) in [7, 11) is 36.6. The average Bonchev–Trinajstić information content (AvgIpc) is 3.29. The van der Waals surface area contributed by atoms with Gasteiger partial charge in [0, 0.05) is 144 Å². The van der Waals surface area contributed by atoms with Crippen molar-refractivity contribution < 1.29 is 58.9 Å². The predicted octanol–water partition coefficient (Wildman–Crippen LogP) is -3.45. The van der Waals surface area contributed by atoms with E-state index in [2.05, 4.69) is 238 Å². The summed E-state index contributed by atoms with van der Waals surface area (Å²) in [6, 6.07) is 7.43. The number of anilines is 9. The summed E-state index contributed by atoms with van der Waals surface area (Å²) >= 11 is 0. The van der Waals surface area contributed by atoms with Crippen LogP contribution in [0.4, 0.5) is 51.2 Å². The van der Waals surface area contributed by atoms with Crippen molar-refractivity contribution in [3.8, 4) is 0 Å². The zero-order valence-corrected chi connectivity index (χ0v) is 47.7. The molecule has 0 aromatic heterocycles. The maximum atomic E-state index is 2.48. The number of hydrogen-bond acceptors (Lipinski definition) is 9. The van der Waals surface area contributed by atoms with Crippen molar-refractivity contribution in [2.24, 2.45) is 0 Å². The molecule has 0 aliphatic carbocycles. The topological polar surface area (TPSA) is 29.2 Å². The third kappa shape index (κ3) is 9.53. The minimum atomic E-state index is -3.67. The van der Waals surface area contributed by atoms with Crippen LogP contribution >= 0.6 is 0 Å². The van der Waals surface area contributed by atoms with Gasteiger partial charge < -0.3 is 81.3 Å². The maximum absolute atomic E-state index is 3.67. The van der Waals surface area contributed by atoms with Crippen LogP contribution in [0.1, 0.15) is 38.9 Å². The number of aryl methyl sites for hydroxylation is 3. The Labute approximate surface area is 412 Å². The van der Waals surface area contributed by atoms with Crippen LogP contribution in [0, 0.1) is 48.5 Å². The third-order valence-electron chi connectivity index (χ3n) is 12.4. The van der Waals surface area contributed by atoms with E-state index in [4.69, 9.17) is 0 Å². The first-order chi connectivity index (χ1) is 26.7. The molecule has 0 atom stereocenters. The normalized spacial score (nSPS) is 10.8. The molecule has 4 aromatic rings. The second-order valence-corrected chi connectivity index (χ2v) is 22.0. The van der Waals surface area contributed by atoms with Gasteiger partial charge in [-0.15, -0.1) is 5.19 Å². The van der Waals surface area contributed by atoms with E-state index in [-0.39, 0.29) is 58.9 Å². The molecule has 0 saturated heterocycles. The van der Waals surface area contributed by atoms with Crippen LogP contribution in [-0.2, 0) is 21.7 Å². The molecular weight excluding hydrogens is 885 g/mol. The number of rotatable bonds is 13. The van der Waals surface area contributed by atoms with Gasteiger partial charge in [0.2, 0.25) is 0 Å². The van der Waals surface area contributed by atoms with Crippen molar-refractivity contribution in [1.29, 1.82) is 0 Å². The SMILES string of the molecule is Cc1cc(N(C)C)c([Si](c2c(N(C)C)cc(C)c(N(C)C)c2N(C)C)(c2c(N(C)C)cc(C)c(N(C)C)c2N(C)C)[c-]2c(C)c(C)c(C)c2C)c(N(C)C)c1N(C)C.[Cl-].[Cl-].[Cl-].[Ti+4]. The molecule has 0 unspecified atom stereocenters. The number of nitrogens with zero attached hydrogens (tertiary/aromatic N) is 9. The minimum Gasteiger partial charge on any atom is -1.00 e. The smallest absolute Gasteiger partial charge is 1.00 e. The molecule has 0 aliphatic rings. The van der Waals surface area contributed by atoms with E-state index in [1.807, 2.05) is 0 Å². The van der Waals surface area contributed by atoms with Gasteiger partial charge in [-0.05, 0) is 71.2 Å². The van der Waals surface area contributed by atoms with Crippen LogP contribution in [0.15, 0.2) is 18.2 Å². The van der Waals surface area contributed by atoms with Crippen LogP contribution in [0.2, 0.25) is 0 Å². The molecule has 62 heavy (non-hydrogen) atoms. The first kappa shape index (κ1) is 59.0. The van der Waals surface area contributed by atoms with Crippen molar-refractivity contribution in [2.75, 3.05) is 171 Å². The van der Waals surface area contributed by atoms with Gasteiger partial charge in [-0.1, -0.05) is 27.7 Å². The van der Waals surface area contributed by atoms with E-state index in [9.17, 15) is 0 Å². The fourth-order valence-electron chi connectivity index (χ4n) is 10.0. The summed E-state index contributed by atoms with van der Waals surface area (Å²) in [6.07, 6.45) is 0. The Hall–Kier alpha value is -2.99. The molecule has 0 radical (unpaired) electrons. The minimum absolute atomic E-state index is 0. The first-order valence-electron chi connectivity index (χ1n) is 20.5. The Morgan fingerprint density at radius 3 is 0.677 bits per heavy atom. The van der Waals surface area contributed by atoms with Crippen molar-refractivity contribution in [3.63, 3.8) is 0 Å². The van der Waals surface area contributed by atoms with Gasteiger partial charge in [-0.3, -0.25) is 0 Å². The fraction of sp³-hybridized carbons (Fsp3) is 0.521. The van der Waals surface area contributed by atoms with E-state index in [1.54, 1.807) is 0 Å². The number of benzene rings is 3. The van der Waals surface area contributed by atoms with Gasteiger partial charge in [0.05, 0.1) is 34.1 Å². The van der Waals surface area contributed by atoms with Gasteiger partial charge in [0.25, 0.3) is 0 Å². The Bertz CT molecular complexity index is 1970. The molecule has 0 amide bonds. The summed E-state index contributed by atoms with van der Waals surface area (Å²) in [5.74, 6) is 0. The van der Waals surface area contributed by atoms with Crippen molar-refractivity contribution >= 4 is 80.0 Å². The summed E-state index contributed by atoms with van der Waals surface area (Å²) in [5, 5.41) is 5.66. The van der Waals surface area contributed by atoms with Crippen molar-refractivity contribution in [2.45, 2.75) is 48.5 Å². The predicted molar refractivity (Wildman–Crippen MR) is 268 cm³/mol. The van der Waals surface area contributed by atoms with E-state index < -0.39 is 8.07 Å². The quantitative estimate of drug-likeness (QED) is 0.0773. The maximum Gasteiger partial charge on any atom is 4.00 e. The van der Waals surface area contributed by atoms with Gasteiger partial charge in [0.1, 0.15) is 8.07 Å². The fourth-order valence-corrected chi connectivity index (χ4v) is 17.1. The monoisotopic (exact) mass is 961 g/mol. The van der Waals surface area contributed by atoms with Crippen LogP contribution < -0.4 is 102 Å². The number of hydrogen-bond donors (Lipinski definition) is 0. The molecule has 4 aromatic carbocycles. The summed E-state index contributed by atoms with van der Waals surface area (Å²) in [6.45, 7) is 16.4. The van der Waals surface area contributed by atoms with Crippen LogP contribution in [-0.4, -0.2) is 135 Å². The molecule has 14 heteroatoms. The van der Waals surface area contributed by atoms with Crippen LogP contribution in [0.5, 0.6) is 0 Å². The Balaban J connectivity index is 0.00000930. The van der Waals surface area contributed by atoms with Crippen molar-refractivity contribution in [1.82, 2.24) is 0 Å². The molecule has 0 N–H and O–H groups in total. The standard InChI is InChI=1S/C48H78N9Si.3ClH.Ti/c1-29-26-36(49(8)9)46(42(55(20)21)39(29)52(14)15)58(45-34(6)32(4)33(5)35(45)7,47-37(50(10)11)27-30(2)40(53(16)17)43(47)56(22)23)48-38(51(12)13)28-31(3)41(54(18)19)44(48)57(24)25;;;;/h26-28H,1-25H3;3*1H;/q-1;;;;+4/p-3. The van der Waals surface area contributed by atoms with E-state index in [1.165, 1.54) is 111 Å². The zero-order valence-electron chi connectivity index (χ0n) is 42.9. The Morgan fingerprint density at radius 1 is 0.323 bits per heavy atom. The average molecular weight is 964 g/mol. The van der Waals surface area contributed by atoms with E-state index >= 15 is 0 Å². The largest absolute Gasteiger partial charge is 4.00 e. The first-order valence-corrected chi connectivity index (χ1v) is 22.5. The second-order valence-electron chi connectivity index (χ2n) is 18.5. The van der Waals surface area contributed by atoms with E-state index in [0.29, 0.717) is 0 Å².